The Morgan fingerprint density at radius 3 is 2.32 bits per heavy atom. The van der Waals surface area contributed by atoms with Gasteiger partial charge < -0.3 is 11.1 Å². The van der Waals surface area contributed by atoms with Crippen molar-refractivity contribution in [1.29, 1.82) is 0 Å². The maximum Gasteiger partial charge on any atom is 0.400 e. The molecular weight excluding hydrogens is 780 g/mol. The summed E-state index contributed by atoms with van der Waals surface area (Å²) in [4.78, 5) is 37.9. The van der Waals surface area contributed by atoms with Gasteiger partial charge in [-0.05, 0) is 62.4 Å². The molecule has 4 aromatic rings. The van der Waals surface area contributed by atoms with Crippen LogP contribution in [0.25, 0.3) is 16.9 Å². The monoisotopic (exact) mass is 812 g/mol. The Hall–Kier alpha value is -5.40. The van der Waals surface area contributed by atoms with Gasteiger partial charge in [-0.25, -0.2) is 23.4 Å². The van der Waals surface area contributed by atoms with Crippen molar-refractivity contribution in [2.75, 3.05) is 6.54 Å². The lowest BCUT2D eigenvalue weighted by molar-refractivity contribution is -0.200. The second kappa shape index (κ2) is 14.3. The number of halogens is 9. The molecule has 21 heteroatoms. The number of amides is 2. The highest BCUT2D eigenvalue weighted by Gasteiger charge is 2.62. The number of nitrogens with one attached hydrogen (secondary N) is 1. The van der Waals surface area contributed by atoms with Crippen LogP contribution in [0.1, 0.15) is 69.1 Å². The van der Waals surface area contributed by atoms with Gasteiger partial charge in [0.1, 0.15) is 17.9 Å². The van der Waals surface area contributed by atoms with E-state index in [9.17, 15) is 39.9 Å². The van der Waals surface area contributed by atoms with Crippen LogP contribution in [0, 0.1) is 11.3 Å². The Bertz CT molecular complexity index is 2190. The van der Waals surface area contributed by atoms with Crippen LogP contribution in [-0.2, 0) is 15.1 Å². The number of guanidine groups is 1. The fourth-order valence-corrected chi connectivity index (χ4v) is 6.35. The van der Waals surface area contributed by atoms with Crippen LogP contribution in [0.4, 0.5) is 35.1 Å². The maximum atomic E-state index is 15.0. The van der Waals surface area contributed by atoms with Crippen LogP contribution < -0.4 is 11.1 Å². The van der Waals surface area contributed by atoms with Gasteiger partial charge in [0.25, 0.3) is 12.3 Å². The Kier molecular flexibility index (Phi) is 10.3. The summed E-state index contributed by atoms with van der Waals surface area (Å²) in [5.74, 6) is -6.78. The lowest BCUT2D eigenvalue weighted by atomic mass is 9.70. The van der Waals surface area contributed by atoms with E-state index < -0.39 is 77.4 Å². The Morgan fingerprint density at radius 2 is 1.73 bits per heavy atom. The first-order chi connectivity index (χ1) is 26.1. The van der Waals surface area contributed by atoms with Gasteiger partial charge in [-0.1, -0.05) is 48.5 Å². The van der Waals surface area contributed by atoms with E-state index in [0.717, 1.165) is 39.1 Å². The number of aromatic nitrogens is 6. The lowest BCUT2D eigenvalue weighted by Crippen LogP contribution is -2.51. The number of carbonyl (C=O) groups excluding carboxylic acids is 2. The van der Waals surface area contributed by atoms with Crippen LogP contribution >= 0.6 is 11.6 Å². The number of nitrogens with zero attached hydrogens (tertiary/aromatic N) is 8. The highest BCUT2D eigenvalue weighted by Crippen LogP contribution is 2.54. The number of aliphatic imine (C=N–C) groups is 1. The van der Waals surface area contributed by atoms with E-state index in [4.69, 9.17) is 17.3 Å². The zero-order valence-electron chi connectivity index (χ0n) is 29.7. The summed E-state index contributed by atoms with van der Waals surface area (Å²) in [6.07, 6.45) is -8.95. The Morgan fingerprint density at radius 1 is 1.07 bits per heavy atom. The van der Waals surface area contributed by atoms with Crippen LogP contribution in [-0.4, -0.2) is 71.3 Å². The fourth-order valence-electron chi connectivity index (χ4n) is 6.15. The van der Waals surface area contributed by atoms with Crippen LogP contribution in [0.15, 0.2) is 72.1 Å². The smallest absolute Gasteiger partial charge is 0.369 e. The average molecular weight is 813 g/mol. The fraction of sp³-hybridized carbons (Fsp3) is 0.400. The Labute approximate surface area is 318 Å². The van der Waals surface area contributed by atoms with Crippen molar-refractivity contribution in [2.24, 2.45) is 22.1 Å². The van der Waals surface area contributed by atoms with Gasteiger partial charge in [0.05, 0.1) is 34.4 Å². The Balaban J connectivity index is 1.48. The van der Waals surface area contributed by atoms with Gasteiger partial charge in [-0.3, -0.25) is 14.5 Å². The van der Waals surface area contributed by atoms with Crippen molar-refractivity contribution in [3.05, 3.63) is 89.1 Å². The quantitative estimate of drug-likeness (QED) is 0.116. The van der Waals surface area contributed by atoms with Crippen molar-refractivity contribution in [2.45, 2.75) is 70.0 Å². The first kappa shape index (κ1) is 40.3. The number of nitrogens with two attached hydrogens (primary N) is 1. The van der Waals surface area contributed by atoms with Gasteiger partial charge in [0.2, 0.25) is 11.9 Å². The molecule has 1 fully saturated rings. The first-order valence-corrected chi connectivity index (χ1v) is 17.3. The third-order valence-corrected chi connectivity index (χ3v) is 10.3. The predicted octanol–water partition coefficient (Wildman–Crippen LogP) is 7.00. The first-order valence-electron chi connectivity index (χ1n) is 16.9. The van der Waals surface area contributed by atoms with Gasteiger partial charge in [-0.15, -0.1) is 0 Å². The molecular formula is C35H33ClF8N10O2. The maximum absolute atomic E-state index is 15.0. The highest BCUT2D eigenvalue weighted by molar-refractivity contribution is 6.32. The summed E-state index contributed by atoms with van der Waals surface area (Å²) in [7, 11) is 0. The number of alkyl halides is 8. The minimum atomic E-state index is -4.98. The SMILES string of the molecule is C=C(C(C)(C)C(F)(F)F)[C@]1(c2ccc(-c3cnn(C4CC4)n3)cc2)N=C(N)N([C@H](CNC(=O)[C@@H](C)C(F)(F)F)c2ccc(Cl)c(-n3ncnc3C(F)F)c2)C1=O. The standard InChI is InChI=1S/C35H33ClF8N10O2/c1-17(34(39,40)41)29(55)46-15-26(20-7-12-23(36)25(13-20)53-28(27(37)38)47-16-49-53)52-30(56)33(50-31(52)45,18(2)32(3,4)35(42,43)44)21-8-5-19(6-9-21)24-14-48-54(51-24)22-10-11-22/h5-9,12-14,16-17,22,26-27H,2,10-11,15H2,1,3-4H3,(H2,45,50)(H,46,55)/t17-,26-,33-/m1/s1. The molecule has 0 unspecified atom stereocenters. The highest BCUT2D eigenvalue weighted by atomic mass is 35.5. The van der Waals surface area contributed by atoms with Crippen molar-refractivity contribution in [3.8, 4) is 16.9 Å². The van der Waals surface area contributed by atoms with E-state index in [2.05, 4.69) is 37.2 Å². The molecule has 2 amide bonds. The van der Waals surface area contributed by atoms with Crippen LogP contribution in [0.2, 0.25) is 5.02 Å². The molecule has 56 heavy (non-hydrogen) atoms. The van der Waals surface area contributed by atoms with Crippen molar-refractivity contribution < 1.29 is 44.7 Å². The summed E-state index contributed by atoms with van der Waals surface area (Å²) in [6, 6.07) is 7.82. The zero-order chi connectivity index (χ0) is 41.1. The predicted molar refractivity (Wildman–Crippen MR) is 185 cm³/mol. The van der Waals surface area contributed by atoms with E-state index in [1.54, 1.807) is 4.80 Å². The molecule has 1 aliphatic heterocycles. The number of carbonyl (C=O) groups is 2. The molecule has 6 rings (SSSR count). The van der Waals surface area contributed by atoms with Crippen LogP contribution in [0.3, 0.4) is 0 Å². The molecule has 12 nitrogen and oxygen atoms in total. The zero-order valence-corrected chi connectivity index (χ0v) is 30.5. The third-order valence-electron chi connectivity index (χ3n) is 9.96. The molecule has 1 saturated carbocycles. The molecule has 3 N–H and O–H groups in total. The molecule has 2 aromatic heterocycles. The molecule has 2 aromatic carbocycles. The number of rotatable bonds is 12. The van der Waals surface area contributed by atoms with Gasteiger partial charge >= 0.3 is 12.4 Å². The summed E-state index contributed by atoms with van der Waals surface area (Å²) >= 11 is 6.36. The topological polar surface area (TPSA) is 149 Å². The molecule has 1 aliphatic carbocycles. The number of hydrogen-bond acceptors (Lipinski definition) is 8. The van der Waals surface area contributed by atoms with Crippen molar-refractivity contribution >= 4 is 29.4 Å². The summed E-state index contributed by atoms with van der Waals surface area (Å²) in [5, 5.41) is 14.5. The van der Waals surface area contributed by atoms with E-state index in [1.807, 2.05) is 0 Å². The lowest BCUT2D eigenvalue weighted by Gasteiger charge is -2.39. The summed E-state index contributed by atoms with van der Waals surface area (Å²) in [5.41, 5.74) is 0.801. The van der Waals surface area contributed by atoms with E-state index in [-0.39, 0.29) is 27.9 Å². The summed E-state index contributed by atoms with van der Waals surface area (Å²) < 4.78 is 113. The molecule has 3 heterocycles. The van der Waals surface area contributed by atoms with Crippen molar-refractivity contribution in [1.82, 2.24) is 40.0 Å². The normalized spacial score (nSPS) is 19.0. The molecule has 2 aliphatic rings. The minimum Gasteiger partial charge on any atom is -0.369 e. The third kappa shape index (κ3) is 7.09. The number of benzene rings is 2. The van der Waals surface area contributed by atoms with Crippen LogP contribution in [0.5, 0.6) is 0 Å². The summed E-state index contributed by atoms with van der Waals surface area (Å²) in [6.45, 7) is 5.11. The molecule has 3 atom stereocenters. The molecule has 0 saturated heterocycles. The van der Waals surface area contributed by atoms with Gasteiger partial charge in [-0.2, -0.15) is 46.4 Å². The van der Waals surface area contributed by atoms with E-state index in [1.165, 1.54) is 42.6 Å². The van der Waals surface area contributed by atoms with E-state index >= 15 is 4.79 Å². The molecule has 298 valence electrons. The second-order valence-corrected chi connectivity index (χ2v) is 14.3. The minimum absolute atomic E-state index is 0.0721. The molecule has 0 spiro atoms. The average Bonchev–Trinajstić information content (AvgIpc) is 3.53. The van der Waals surface area contributed by atoms with E-state index in [0.29, 0.717) is 27.8 Å². The second-order valence-electron chi connectivity index (χ2n) is 13.9. The number of hydrogen-bond donors (Lipinski definition) is 2. The molecule has 0 bridgehead atoms. The van der Waals surface area contributed by atoms with Crippen molar-refractivity contribution in [3.63, 3.8) is 0 Å². The molecule has 0 radical (unpaired) electrons. The van der Waals surface area contributed by atoms with Gasteiger partial charge in [0, 0.05) is 12.1 Å². The largest absolute Gasteiger partial charge is 0.400 e. The van der Waals surface area contributed by atoms with Gasteiger partial charge in [0.15, 0.2) is 11.4 Å².